The average Bonchev–Trinajstić information content (AvgIpc) is 2.91. The molecule has 0 atom stereocenters. The fraction of sp³-hybridized carbons (Fsp3) is 0.0588. The van der Waals surface area contributed by atoms with E-state index in [1.807, 2.05) is 0 Å². The molecule has 0 saturated heterocycles. The molecule has 1 amide bonds. The van der Waals surface area contributed by atoms with E-state index < -0.39 is 17.5 Å². The lowest BCUT2D eigenvalue weighted by Gasteiger charge is -2.06. The molecule has 8 heteroatoms. The van der Waals surface area contributed by atoms with Crippen LogP contribution >= 0.6 is 27.5 Å². The van der Waals surface area contributed by atoms with Gasteiger partial charge in [-0.25, -0.2) is 8.78 Å². The molecule has 0 fully saturated rings. The molecular weight excluding hydrogens is 416 g/mol. The number of rotatable bonds is 4. The van der Waals surface area contributed by atoms with Crippen molar-refractivity contribution >= 4 is 39.3 Å². The van der Waals surface area contributed by atoms with Gasteiger partial charge in [0, 0.05) is 22.3 Å². The third kappa shape index (κ3) is 4.05. The van der Waals surface area contributed by atoms with Gasteiger partial charge in [-0.3, -0.25) is 9.48 Å². The zero-order chi connectivity index (χ0) is 18.0. The van der Waals surface area contributed by atoms with E-state index in [-0.39, 0.29) is 12.4 Å². The molecule has 3 rings (SSSR count). The molecule has 2 aromatic carbocycles. The Morgan fingerprint density at radius 3 is 2.60 bits per heavy atom. The second kappa shape index (κ2) is 7.33. The first kappa shape index (κ1) is 17.6. The zero-order valence-electron chi connectivity index (χ0n) is 12.6. The van der Waals surface area contributed by atoms with Gasteiger partial charge >= 0.3 is 0 Å². The van der Waals surface area contributed by atoms with Gasteiger partial charge in [0.15, 0.2) is 5.82 Å². The highest BCUT2D eigenvalue weighted by Crippen LogP contribution is 2.24. The molecule has 25 heavy (non-hydrogen) atoms. The van der Waals surface area contributed by atoms with Gasteiger partial charge in [0.2, 0.25) is 0 Å². The fourth-order valence-corrected chi connectivity index (χ4v) is 2.83. The molecule has 128 valence electrons. The molecule has 0 aliphatic rings. The lowest BCUT2D eigenvalue weighted by atomic mass is 10.2. The van der Waals surface area contributed by atoms with Crippen LogP contribution in [-0.2, 0) is 6.54 Å². The van der Waals surface area contributed by atoms with Crippen LogP contribution in [0.3, 0.4) is 0 Å². The summed E-state index contributed by atoms with van der Waals surface area (Å²) in [5.41, 5.74) is 0.593. The topological polar surface area (TPSA) is 46.9 Å². The number of hydrogen-bond donors (Lipinski definition) is 1. The van der Waals surface area contributed by atoms with Gasteiger partial charge in [-0.1, -0.05) is 17.7 Å². The highest BCUT2D eigenvalue weighted by Gasteiger charge is 2.14. The summed E-state index contributed by atoms with van der Waals surface area (Å²) in [6.45, 7) is 0.108. The minimum Gasteiger partial charge on any atom is -0.304 e. The van der Waals surface area contributed by atoms with E-state index in [1.165, 1.54) is 41.1 Å². The molecule has 0 saturated carbocycles. The maximum absolute atomic E-state index is 13.9. The smallest absolute Gasteiger partial charge is 0.256 e. The highest BCUT2D eigenvalue weighted by molar-refractivity contribution is 9.10. The summed E-state index contributed by atoms with van der Waals surface area (Å²) in [5, 5.41) is 7.12. The minimum atomic E-state index is -0.435. The fourth-order valence-electron chi connectivity index (χ4n) is 2.19. The Hall–Kier alpha value is -2.25. The van der Waals surface area contributed by atoms with E-state index in [4.69, 9.17) is 11.6 Å². The standard InChI is InChI=1S/C17H11BrClF2N3O/c18-13-9-24(8-12-14(19)2-1-3-15(12)21)23-16(13)22-17(25)10-4-6-11(20)7-5-10/h1-7,9H,8H2,(H,22,23,25). The monoisotopic (exact) mass is 425 g/mol. The lowest BCUT2D eigenvalue weighted by molar-refractivity contribution is 0.102. The third-order valence-electron chi connectivity index (χ3n) is 3.44. The van der Waals surface area contributed by atoms with Gasteiger partial charge in [0.05, 0.1) is 11.0 Å². The molecule has 4 nitrogen and oxygen atoms in total. The van der Waals surface area contributed by atoms with Crippen molar-refractivity contribution < 1.29 is 13.6 Å². The summed E-state index contributed by atoms with van der Waals surface area (Å²) in [6.07, 6.45) is 1.60. The van der Waals surface area contributed by atoms with Crippen LogP contribution in [0.4, 0.5) is 14.6 Å². The van der Waals surface area contributed by atoms with Crippen molar-refractivity contribution in [3.8, 4) is 0 Å². The minimum absolute atomic E-state index is 0.108. The quantitative estimate of drug-likeness (QED) is 0.646. The van der Waals surface area contributed by atoms with Crippen molar-refractivity contribution in [3.63, 3.8) is 0 Å². The Labute approximate surface area is 155 Å². The van der Waals surface area contributed by atoms with Crippen LogP contribution in [-0.4, -0.2) is 15.7 Å². The second-order valence-electron chi connectivity index (χ2n) is 5.18. The summed E-state index contributed by atoms with van der Waals surface area (Å²) < 4.78 is 28.8. The van der Waals surface area contributed by atoms with Crippen molar-refractivity contribution in [2.75, 3.05) is 5.32 Å². The number of anilines is 1. The van der Waals surface area contributed by atoms with Crippen molar-refractivity contribution in [2.45, 2.75) is 6.54 Å². The van der Waals surface area contributed by atoms with Gasteiger partial charge in [0.25, 0.3) is 5.91 Å². The van der Waals surface area contributed by atoms with Gasteiger partial charge < -0.3 is 5.32 Å². The lowest BCUT2D eigenvalue weighted by Crippen LogP contribution is -2.13. The van der Waals surface area contributed by atoms with Crippen LogP contribution < -0.4 is 5.32 Å². The number of amides is 1. The first-order valence-electron chi connectivity index (χ1n) is 7.17. The number of aromatic nitrogens is 2. The molecule has 0 bridgehead atoms. The normalized spacial score (nSPS) is 10.7. The molecule has 0 aliphatic carbocycles. The zero-order valence-corrected chi connectivity index (χ0v) is 15.0. The first-order chi connectivity index (χ1) is 11.9. The highest BCUT2D eigenvalue weighted by atomic mass is 79.9. The Morgan fingerprint density at radius 2 is 1.92 bits per heavy atom. The van der Waals surface area contributed by atoms with Crippen LogP contribution in [0, 0.1) is 11.6 Å². The van der Waals surface area contributed by atoms with Crippen molar-refractivity contribution in [1.82, 2.24) is 9.78 Å². The predicted octanol–water partition coefficient (Wildman–Crippen LogP) is 4.88. The summed E-state index contributed by atoms with van der Waals surface area (Å²) in [4.78, 5) is 12.2. The number of hydrogen-bond acceptors (Lipinski definition) is 2. The number of carbonyl (C=O) groups is 1. The Balaban J connectivity index is 1.78. The predicted molar refractivity (Wildman–Crippen MR) is 94.8 cm³/mol. The summed E-state index contributed by atoms with van der Waals surface area (Å²) in [5.74, 6) is -1.03. The number of halogens is 4. The molecule has 0 spiro atoms. The second-order valence-corrected chi connectivity index (χ2v) is 6.45. The Bertz CT molecular complexity index is 908. The van der Waals surface area contributed by atoms with Crippen molar-refractivity contribution in [2.24, 2.45) is 0 Å². The number of benzene rings is 2. The largest absolute Gasteiger partial charge is 0.304 e. The van der Waals surface area contributed by atoms with Crippen LogP contribution in [0.2, 0.25) is 5.02 Å². The van der Waals surface area contributed by atoms with Crippen LogP contribution in [0.15, 0.2) is 53.1 Å². The molecule has 1 aromatic heterocycles. The summed E-state index contributed by atoms with van der Waals surface area (Å²) >= 11 is 9.31. The van der Waals surface area contributed by atoms with Gasteiger partial charge in [-0.2, -0.15) is 5.10 Å². The molecule has 0 unspecified atom stereocenters. The van der Waals surface area contributed by atoms with E-state index in [1.54, 1.807) is 12.3 Å². The maximum Gasteiger partial charge on any atom is 0.256 e. The summed E-state index contributed by atoms with van der Waals surface area (Å²) in [7, 11) is 0. The van der Waals surface area contributed by atoms with Crippen molar-refractivity contribution in [3.05, 3.63) is 80.9 Å². The number of nitrogens with zero attached hydrogens (tertiary/aromatic N) is 2. The van der Waals surface area contributed by atoms with E-state index in [9.17, 15) is 13.6 Å². The van der Waals surface area contributed by atoms with E-state index in [0.717, 1.165) is 0 Å². The first-order valence-corrected chi connectivity index (χ1v) is 8.34. The van der Waals surface area contributed by atoms with E-state index in [2.05, 4.69) is 26.3 Å². The molecule has 0 aliphatic heterocycles. The van der Waals surface area contributed by atoms with Gasteiger partial charge in [-0.15, -0.1) is 0 Å². The Kier molecular flexibility index (Phi) is 5.15. The van der Waals surface area contributed by atoms with Crippen molar-refractivity contribution in [1.29, 1.82) is 0 Å². The van der Waals surface area contributed by atoms with E-state index in [0.29, 0.717) is 20.6 Å². The molecular formula is C17H11BrClF2N3O. The molecule has 3 aromatic rings. The Morgan fingerprint density at radius 1 is 1.20 bits per heavy atom. The van der Waals surface area contributed by atoms with Crippen LogP contribution in [0.5, 0.6) is 0 Å². The maximum atomic E-state index is 13.9. The summed E-state index contributed by atoms with van der Waals surface area (Å²) in [6, 6.07) is 9.57. The molecule has 0 radical (unpaired) electrons. The van der Waals surface area contributed by atoms with Crippen LogP contribution in [0.1, 0.15) is 15.9 Å². The van der Waals surface area contributed by atoms with E-state index >= 15 is 0 Å². The van der Waals surface area contributed by atoms with Crippen LogP contribution in [0.25, 0.3) is 0 Å². The molecule has 1 heterocycles. The average molecular weight is 427 g/mol. The van der Waals surface area contributed by atoms with Gasteiger partial charge in [-0.05, 0) is 52.3 Å². The van der Waals surface area contributed by atoms with Gasteiger partial charge in [0.1, 0.15) is 11.6 Å². The number of nitrogens with one attached hydrogen (secondary N) is 1. The molecule has 1 N–H and O–H groups in total. The SMILES string of the molecule is O=C(Nc1nn(Cc2c(F)cccc2Cl)cc1Br)c1ccc(F)cc1. The number of carbonyl (C=O) groups excluding carboxylic acids is 1. The third-order valence-corrected chi connectivity index (χ3v) is 4.37.